The number of hydrogen-bond acceptors (Lipinski definition) is 7. The lowest BCUT2D eigenvalue weighted by molar-refractivity contribution is -0.132. The molecular formula is C23H20N4O4. The second kappa shape index (κ2) is 7.88. The van der Waals surface area contributed by atoms with Crippen molar-refractivity contribution in [1.82, 2.24) is 10.2 Å². The molecular weight excluding hydrogens is 396 g/mol. The molecule has 1 aliphatic heterocycles. The molecule has 8 nitrogen and oxygen atoms in total. The predicted molar refractivity (Wildman–Crippen MR) is 112 cm³/mol. The number of ether oxygens (including phenoxy) is 3. The van der Waals surface area contributed by atoms with Crippen molar-refractivity contribution >= 4 is 5.97 Å². The Bertz CT molecular complexity index is 1240. The van der Waals surface area contributed by atoms with E-state index in [-0.39, 0.29) is 17.2 Å². The topological polar surface area (TPSA) is 123 Å². The fourth-order valence-electron chi connectivity index (χ4n) is 3.62. The summed E-state index contributed by atoms with van der Waals surface area (Å²) < 4.78 is 16.2. The summed E-state index contributed by atoms with van der Waals surface area (Å²) in [5.74, 6) is -0.0728. The highest BCUT2D eigenvalue weighted by molar-refractivity contribution is 5.72. The summed E-state index contributed by atoms with van der Waals surface area (Å²) in [6.07, 6.45) is 0. The lowest BCUT2D eigenvalue weighted by Crippen LogP contribution is -2.21. The van der Waals surface area contributed by atoms with Crippen LogP contribution >= 0.6 is 0 Å². The highest BCUT2D eigenvalue weighted by Crippen LogP contribution is 2.47. The molecule has 0 bridgehead atoms. The van der Waals surface area contributed by atoms with E-state index in [2.05, 4.69) is 16.3 Å². The van der Waals surface area contributed by atoms with E-state index in [1.807, 2.05) is 31.2 Å². The van der Waals surface area contributed by atoms with E-state index < -0.39 is 11.9 Å². The minimum Gasteiger partial charge on any atom is -0.493 e. The fraction of sp³-hybridized carbons (Fsp3) is 0.174. The highest BCUT2D eigenvalue weighted by atomic mass is 16.6. The molecule has 3 aromatic rings. The van der Waals surface area contributed by atoms with Crippen LogP contribution in [0.2, 0.25) is 0 Å². The van der Waals surface area contributed by atoms with Gasteiger partial charge in [0.25, 0.3) is 0 Å². The van der Waals surface area contributed by atoms with Crippen molar-refractivity contribution in [2.75, 3.05) is 7.11 Å². The molecule has 0 unspecified atom stereocenters. The Labute approximate surface area is 178 Å². The number of methoxy groups -OCH3 is 1. The van der Waals surface area contributed by atoms with Crippen LogP contribution in [-0.2, 0) is 4.79 Å². The van der Waals surface area contributed by atoms with E-state index in [4.69, 9.17) is 19.9 Å². The third kappa shape index (κ3) is 3.57. The van der Waals surface area contributed by atoms with E-state index in [1.54, 1.807) is 18.2 Å². The molecule has 0 saturated heterocycles. The Morgan fingerprint density at radius 2 is 1.97 bits per heavy atom. The maximum absolute atomic E-state index is 11.4. The van der Waals surface area contributed by atoms with Gasteiger partial charge in [0.15, 0.2) is 11.5 Å². The molecule has 3 N–H and O–H groups in total. The number of esters is 1. The van der Waals surface area contributed by atoms with Crippen molar-refractivity contribution in [3.8, 4) is 34.7 Å². The molecule has 31 heavy (non-hydrogen) atoms. The van der Waals surface area contributed by atoms with Crippen molar-refractivity contribution in [3.05, 3.63) is 70.6 Å². The van der Waals surface area contributed by atoms with Gasteiger partial charge in [0.1, 0.15) is 11.6 Å². The van der Waals surface area contributed by atoms with E-state index >= 15 is 0 Å². The summed E-state index contributed by atoms with van der Waals surface area (Å²) in [5, 5.41) is 17.1. The molecule has 0 radical (unpaired) electrons. The Balaban J connectivity index is 1.90. The second-order valence-electron chi connectivity index (χ2n) is 7.11. The zero-order chi connectivity index (χ0) is 22.1. The van der Waals surface area contributed by atoms with Crippen LogP contribution in [0.15, 0.2) is 53.9 Å². The fourth-order valence-corrected chi connectivity index (χ4v) is 3.62. The average molecular weight is 416 g/mol. The number of nitriles is 1. The summed E-state index contributed by atoms with van der Waals surface area (Å²) in [5.41, 5.74) is 10.5. The van der Waals surface area contributed by atoms with Crippen LogP contribution in [0.5, 0.6) is 17.4 Å². The number of nitrogens with two attached hydrogens (primary N) is 1. The summed E-state index contributed by atoms with van der Waals surface area (Å²) in [6, 6.07) is 15.2. The number of fused-ring (bicyclic) bond motifs is 1. The van der Waals surface area contributed by atoms with Gasteiger partial charge < -0.3 is 19.9 Å². The van der Waals surface area contributed by atoms with Gasteiger partial charge in [-0.05, 0) is 24.6 Å². The highest BCUT2D eigenvalue weighted by Gasteiger charge is 2.36. The van der Waals surface area contributed by atoms with Crippen LogP contribution in [-0.4, -0.2) is 23.3 Å². The van der Waals surface area contributed by atoms with E-state index in [9.17, 15) is 10.1 Å². The molecule has 0 fully saturated rings. The third-order valence-corrected chi connectivity index (χ3v) is 5.05. The number of nitrogens with zero attached hydrogens (tertiary/aromatic N) is 2. The molecule has 1 aromatic heterocycles. The SMILES string of the molecule is COc1cc([C@H]2C(C#N)=C(N)Oc3n[nH]c(-c4ccc(C)cc4)c32)ccc1OC(C)=O. The number of rotatable bonds is 4. The van der Waals surface area contributed by atoms with Crippen molar-refractivity contribution < 1.29 is 19.0 Å². The van der Waals surface area contributed by atoms with Crippen molar-refractivity contribution in [2.24, 2.45) is 5.73 Å². The molecule has 0 aliphatic carbocycles. The number of nitrogens with one attached hydrogen (secondary N) is 1. The first-order valence-electron chi connectivity index (χ1n) is 9.52. The molecule has 8 heteroatoms. The van der Waals surface area contributed by atoms with Gasteiger partial charge in [-0.25, -0.2) is 0 Å². The molecule has 2 heterocycles. The number of hydrogen-bond donors (Lipinski definition) is 2. The van der Waals surface area contributed by atoms with Crippen LogP contribution in [0.4, 0.5) is 0 Å². The maximum Gasteiger partial charge on any atom is 0.308 e. The molecule has 4 rings (SSSR count). The summed E-state index contributed by atoms with van der Waals surface area (Å²) in [4.78, 5) is 11.4. The monoisotopic (exact) mass is 416 g/mol. The average Bonchev–Trinajstić information content (AvgIpc) is 3.16. The van der Waals surface area contributed by atoms with E-state index in [0.717, 1.165) is 16.8 Å². The zero-order valence-corrected chi connectivity index (χ0v) is 17.2. The van der Waals surface area contributed by atoms with Crippen molar-refractivity contribution in [1.29, 1.82) is 5.26 Å². The summed E-state index contributed by atoms with van der Waals surface area (Å²) >= 11 is 0. The van der Waals surface area contributed by atoms with Crippen LogP contribution in [0.1, 0.15) is 29.5 Å². The minimum atomic E-state index is -0.552. The Morgan fingerprint density at radius 1 is 1.23 bits per heavy atom. The first-order chi connectivity index (χ1) is 14.9. The van der Waals surface area contributed by atoms with Crippen LogP contribution < -0.4 is 19.9 Å². The standard InChI is InChI=1S/C23H20N4O4/c1-12-4-6-14(7-5-12)21-20-19(16(11-24)22(25)31-23(20)27-26-21)15-8-9-17(30-13(2)28)18(10-15)29-3/h4-10,19H,25H2,1-3H3,(H,26,27)/t19-/m0/s1. The number of carbonyl (C=O) groups is 1. The van der Waals surface area contributed by atoms with Gasteiger partial charge in [0.05, 0.1) is 24.3 Å². The zero-order valence-electron chi connectivity index (χ0n) is 17.2. The number of aryl methyl sites for hydroxylation is 1. The number of aromatic nitrogens is 2. The smallest absolute Gasteiger partial charge is 0.308 e. The maximum atomic E-state index is 11.4. The predicted octanol–water partition coefficient (Wildman–Crippen LogP) is 3.54. The van der Waals surface area contributed by atoms with Crippen LogP contribution in [0.3, 0.4) is 0 Å². The van der Waals surface area contributed by atoms with Gasteiger partial charge in [-0.1, -0.05) is 35.9 Å². The first kappa shape index (κ1) is 20.0. The van der Waals surface area contributed by atoms with Crippen molar-refractivity contribution in [2.45, 2.75) is 19.8 Å². The molecule has 0 spiro atoms. The molecule has 1 atom stereocenters. The van der Waals surface area contributed by atoms with E-state index in [1.165, 1.54) is 14.0 Å². The van der Waals surface area contributed by atoms with Crippen LogP contribution in [0, 0.1) is 18.3 Å². The van der Waals surface area contributed by atoms with Gasteiger partial charge in [-0.15, -0.1) is 5.10 Å². The quantitative estimate of drug-likeness (QED) is 0.492. The normalized spacial score (nSPS) is 15.0. The Hall–Kier alpha value is -4.25. The lowest BCUT2D eigenvalue weighted by atomic mass is 9.83. The largest absolute Gasteiger partial charge is 0.493 e. The first-order valence-corrected chi connectivity index (χ1v) is 9.52. The van der Waals surface area contributed by atoms with Gasteiger partial charge in [0, 0.05) is 12.5 Å². The van der Waals surface area contributed by atoms with Gasteiger partial charge in [0.2, 0.25) is 11.8 Å². The molecule has 1 aliphatic rings. The summed E-state index contributed by atoms with van der Waals surface area (Å²) in [7, 11) is 1.48. The van der Waals surface area contributed by atoms with Crippen LogP contribution in [0.25, 0.3) is 11.3 Å². The number of benzene rings is 2. The number of aromatic amines is 1. The lowest BCUT2D eigenvalue weighted by Gasteiger charge is -2.24. The number of H-pyrrole nitrogens is 1. The number of carbonyl (C=O) groups excluding carboxylic acids is 1. The molecule has 0 saturated carbocycles. The van der Waals surface area contributed by atoms with Gasteiger partial charge in [-0.3, -0.25) is 9.89 Å². The second-order valence-corrected chi connectivity index (χ2v) is 7.11. The van der Waals surface area contributed by atoms with E-state index in [0.29, 0.717) is 22.8 Å². The molecule has 2 aromatic carbocycles. The molecule has 156 valence electrons. The summed E-state index contributed by atoms with van der Waals surface area (Å²) in [6.45, 7) is 3.32. The Kier molecular flexibility index (Phi) is 5.09. The minimum absolute atomic E-state index is 0.00927. The van der Waals surface area contributed by atoms with Gasteiger partial charge >= 0.3 is 5.97 Å². The molecule has 0 amide bonds. The Morgan fingerprint density at radius 3 is 2.61 bits per heavy atom. The van der Waals surface area contributed by atoms with Gasteiger partial charge in [-0.2, -0.15) is 5.26 Å². The number of allylic oxidation sites excluding steroid dienone is 1. The third-order valence-electron chi connectivity index (χ3n) is 5.05. The van der Waals surface area contributed by atoms with Crippen molar-refractivity contribution in [3.63, 3.8) is 0 Å².